The summed E-state index contributed by atoms with van der Waals surface area (Å²) >= 11 is 0. The molecule has 2 N–H and O–H groups in total. The van der Waals surface area contributed by atoms with Crippen LogP contribution in [0.15, 0.2) is 29.1 Å². The molecule has 27 heavy (non-hydrogen) atoms. The molecule has 1 heterocycles. The molecule has 1 saturated carbocycles. The second-order valence-electron chi connectivity index (χ2n) is 6.72. The van der Waals surface area contributed by atoms with E-state index in [1.54, 1.807) is 0 Å². The summed E-state index contributed by atoms with van der Waals surface area (Å²) in [6, 6.07) is 4.83. The third-order valence-electron chi connectivity index (χ3n) is 4.65. The first kappa shape index (κ1) is 19.2. The van der Waals surface area contributed by atoms with Gasteiger partial charge in [0.1, 0.15) is 24.1 Å². The predicted molar refractivity (Wildman–Crippen MR) is 94.2 cm³/mol. The molecule has 0 saturated heterocycles. The number of hydrogen-bond acceptors (Lipinski definition) is 4. The Morgan fingerprint density at radius 3 is 2.81 bits per heavy atom. The fraction of sp³-hybridized carbons (Fsp3) is 0.421. The van der Waals surface area contributed by atoms with Crippen LogP contribution in [0.4, 0.5) is 8.78 Å². The van der Waals surface area contributed by atoms with E-state index in [1.807, 2.05) is 0 Å². The van der Waals surface area contributed by atoms with Crippen molar-refractivity contribution in [3.8, 4) is 0 Å². The molecule has 2 aromatic rings. The highest BCUT2D eigenvalue weighted by atomic mass is 19.1. The van der Waals surface area contributed by atoms with Crippen LogP contribution in [0.25, 0.3) is 0 Å². The molecule has 144 valence electrons. The van der Waals surface area contributed by atoms with E-state index in [0.717, 1.165) is 6.07 Å². The summed E-state index contributed by atoms with van der Waals surface area (Å²) in [7, 11) is 1.53. The van der Waals surface area contributed by atoms with Crippen LogP contribution in [0, 0.1) is 11.6 Å². The van der Waals surface area contributed by atoms with Gasteiger partial charge in [0.25, 0.3) is 5.56 Å². The maximum absolute atomic E-state index is 13.6. The number of amides is 1. The van der Waals surface area contributed by atoms with Gasteiger partial charge in [0.15, 0.2) is 0 Å². The van der Waals surface area contributed by atoms with Crippen LogP contribution in [-0.2, 0) is 22.6 Å². The molecular weight excluding hydrogens is 356 g/mol. The third-order valence-corrected chi connectivity index (χ3v) is 4.65. The van der Waals surface area contributed by atoms with Gasteiger partial charge in [0.2, 0.25) is 5.91 Å². The largest absolute Gasteiger partial charge is 0.377 e. The molecule has 0 atom stereocenters. The Balaban J connectivity index is 1.47. The van der Waals surface area contributed by atoms with Crippen molar-refractivity contribution in [2.75, 3.05) is 7.11 Å². The second kappa shape index (κ2) is 8.39. The second-order valence-corrected chi connectivity index (χ2v) is 6.72. The quantitative estimate of drug-likeness (QED) is 0.775. The molecule has 1 aromatic carbocycles. The van der Waals surface area contributed by atoms with E-state index < -0.39 is 11.6 Å². The number of hydrogen-bond donors (Lipinski definition) is 2. The molecule has 6 nitrogen and oxygen atoms in total. The normalized spacial score (nSPS) is 18.8. The van der Waals surface area contributed by atoms with Crippen molar-refractivity contribution in [3.05, 3.63) is 63.3 Å². The van der Waals surface area contributed by atoms with Gasteiger partial charge < -0.3 is 15.0 Å². The van der Waals surface area contributed by atoms with Gasteiger partial charge in [-0.15, -0.1) is 0 Å². The lowest BCUT2D eigenvalue weighted by Crippen LogP contribution is -2.43. The van der Waals surface area contributed by atoms with Gasteiger partial charge in [-0.1, -0.05) is 6.07 Å². The number of ether oxygens (including phenoxy) is 1. The van der Waals surface area contributed by atoms with Gasteiger partial charge in [-0.3, -0.25) is 9.59 Å². The maximum Gasteiger partial charge on any atom is 0.251 e. The first-order chi connectivity index (χ1) is 12.9. The van der Waals surface area contributed by atoms with Crippen LogP contribution in [0.5, 0.6) is 0 Å². The van der Waals surface area contributed by atoms with E-state index in [1.165, 1.54) is 25.3 Å². The summed E-state index contributed by atoms with van der Waals surface area (Å²) in [4.78, 5) is 30.7. The number of methoxy groups -OCH3 is 1. The van der Waals surface area contributed by atoms with E-state index in [9.17, 15) is 18.4 Å². The molecule has 1 aliphatic rings. The number of aromatic nitrogens is 2. The number of aromatic amines is 1. The SMILES string of the molecule is COCc1nc(C2CC(NC(=O)CCc3ccc(F)cc3F)C2)cc(=O)[nH]1. The molecule has 1 fully saturated rings. The summed E-state index contributed by atoms with van der Waals surface area (Å²) < 4.78 is 31.5. The van der Waals surface area contributed by atoms with E-state index in [2.05, 4.69) is 15.3 Å². The van der Waals surface area contributed by atoms with Crippen molar-refractivity contribution in [1.82, 2.24) is 15.3 Å². The predicted octanol–water partition coefficient (Wildman–Crippen LogP) is 2.19. The summed E-state index contributed by atoms with van der Waals surface area (Å²) in [5.74, 6) is -0.861. The number of benzene rings is 1. The lowest BCUT2D eigenvalue weighted by Gasteiger charge is -2.35. The van der Waals surface area contributed by atoms with Gasteiger partial charge in [-0.05, 0) is 30.9 Å². The number of carbonyl (C=O) groups is 1. The number of nitrogens with one attached hydrogen (secondary N) is 2. The number of nitrogens with zero attached hydrogens (tertiary/aromatic N) is 1. The highest BCUT2D eigenvalue weighted by molar-refractivity contribution is 5.76. The van der Waals surface area contributed by atoms with E-state index in [-0.39, 0.29) is 42.9 Å². The van der Waals surface area contributed by atoms with Gasteiger partial charge in [-0.2, -0.15) is 0 Å². The minimum Gasteiger partial charge on any atom is -0.377 e. The van der Waals surface area contributed by atoms with Crippen molar-refractivity contribution in [3.63, 3.8) is 0 Å². The molecule has 0 unspecified atom stereocenters. The van der Waals surface area contributed by atoms with E-state index in [0.29, 0.717) is 29.9 Å². The first-order valence-electron chi connectivity index (χ1n) is 8.77. The van der Waals surface area contributed by atoms with Crippen molar-refractivity contribution < 1.29 is 18.3 Å². The van der Waals surface area contributed by atoms with Crippen LogP contribution >= 0.6 is 0 Å². The van der Waals surface area contributed by atoms with E-state index in [4.69, 9.17) is 4.74 Å². The van der Waals surface area contributed by atoms with Crippen LogP contribution in [0.2, 0.25) is 0 Å². The highest BCUT2D eigenvalue weighted by Gasteiger charge is 2.32. The Bertz CT molecular complexity index is 879. The van der Waals surface area contributed by atoms with Crippen molar-refractivity contribution >= 4 is 5.91 Å². The van der Waals surface area contributed by atoms with Gasteiger partial charge in [0.05, 0.1) is 5.69 Å². The van der Waals surface area contributed by atoms with Crippen molar-refractivity contribution in [2.24, 2.45) is 0 Å². The molecule has 0 radical (unpaired) electrons. The number of aryl methyl sites for hydroxylation is 1. The zero-order chi connectivity index (χ0) is 19.4. The summed E-state index contributed by atoms with van der Waals surface area (Å²) in [5, 5.41) is 2.90. The molecule has 8 heteroatoms. The van der Waals surface area contributed by atoms with Gasteiger partial charge >= 0.3 is 0 Å². The van der Waals surface area contributed by atoms with Gasteiger partial charge in [0, 0.05) is 37.6 Å². The van der Waals surface area contributed by atoms with Crippen LogP contribution in [0.1, 0.15) is 42.3 Å². The Morgan fingerprint density at radius 2 is 2.11 bits per heavy atom. The smallest absolute Gasteiger partial charge is 0.251 e. The maximum atomic E-state index is 13.6. The molecule has 1 aliphatic carbocycles. The summed E-state index contributed by atoms with van der Waals surface area (Å²) in [6.07, 6.45) is 1.73. The molecule has 0 spiro atoms. The fourth-order valence-corrected chi connectivity index (χ4v) is 3.19. The minimum absolute atomic E-state index is 0.00697. The molecule has 0 bridgehead atoms. The zero-order valence-electron chi connectivity index (χ0n) is 14.9. The lowest BCUT2D eigenvalue weighted by molar-refractivity contribution is -0.122. The summed E-state index contributed by atoms with van der Waals surface area (Å²) in [5.41, 5.74) is 0.793. The number of carbonyl (C=O) groups excluding carboxylic acids is 1. The molecule has 3 rings (SSSR count). The average molecular weight is 377 g/mol. The highest BCUT2D eigenvalue weighted by Crippen LogP contribution is 2.35. The standard InChI is InChI=1S/C19H21F2N3O3/c1-27-10-17-23-16(9-19(26)24-17)12-6-14(7-12)22-18(25)5-3-11-2-4-13(20)8-15(11)21/h2,4,8-9,12,14H,3,5-7,10H2,1H3,(H,22,25)(H,23,24,26). The van der Waals surface area contributed by atoms with E-state index >= 15 is 0 Å². The third kappa shape index (κ3) is 4.97. The minimum atomic E-state index is -0.640. The molecule has 1 amide bonds. The van der Waals surface area contributed by atoms with Crippen molar-refractivity contribution in [2.45, 2.75) is 44.2 Å². The molecular formula is C19H21F2N3O3. The Hall–Kier alpha value is -2.61. The number of halogens is 2. The Labute approximate surface area is 155 Å². The van der Waals surface area contributed by atoms with Crippen LogP contribution in [0.3, 0.4) is 0 Å². The molecule has 1 aromatic heterocycles. The topological polar surface area (TPSA) is 84.1 Å². The van der Waals surface area contributed by atoms with Crippen LogP contribution in [-0.4, -0.2) is 29.0 Å². The molecule has 0 aliphatic heterocycles. The van der Waals surface area contributed by atoms with Crippen molar-refractivity contribution in [1.29, 1.82) is 0 Å². The Morgan fingerprint density at radius 1 is 1.33 bits per heavy atom. The van der Waals surface area contributed by atoms with Crippen LogP contribution < -0.4 is 10.9 Å². The fourth-order valence-electron chi connectivity index (χ4n) is 3.19. The number of H-pyrrole nitrogens is 1. The summed E-state index contributed by atoms with van der Waals surface area (Å²) in [6.45, 7) is 0.232. The monoisotopic (exact) mass is 377 g/mol. The first-order valence-corrected chi connectivity index (χ1v) is 8.77. The van der Waals surface area contributed by atoms with Gasteiger partial charge in [-0.25, -0.2) is 13.8 Å². The Kier molecular flexibility index (Phi) is 5.95. The number of rotatable bonds is 7. The lowest BCUT2D eigenvalue weighted by atomic mass is 9.78. The zero-order valence-corrected chi connectivity index (χ0v) is 14.9. The average Bonchev–Trinajstić information content (AvgIpc) is 2.56.